The molecule has 1 aliphatic rings. The van der Waals surface area contributed by atoms with Gasteiger partial charge in [-0.2, -0.15) is 0 Å². The molecule has 0 atom stereocenters. The molecule has 0 spiro atoms. The van der Waals surface area contributed by atoms with E-state index in [1.165, 1.54) is 11.3 Å². The molecule has 1 aliphatic heterocycles. The lowest BCUT2D eigenvalue weighted by molar-refractivity contribution is -0.119. The lowest BCUT2D eigenvalue weighted by Gasteiger charge is -2.36. The van der Waals surface area contributed by atoms with Crippen molar-refractivity contribution in [1.82, 2.24) is 10.2 Å². The molecule has 3 aromatic rings. The number of carbonyl (C=O) groups is 1. The van der Waals surface area contributed by atoms with Crippen LogP contribution >= 0.6 is 23.8 Å². The van der Waals surface area contributed by atoms with E-state index in [2.05, 4.69) is 38.6 Å². The molecule has 5 nitrogen and oxygen atoms in total. The highest BCUT2D eigenvalue weighted by Crippen LogP contribution is 2.22. The lowest BCUT2D eigenvalue weighted by atomic mass is 10.1. The molecule has 0 unspecified atom stereocenters. The Kier molecular flexibility index (Phi) is 7.94. The van der Waals surface area contributed by atoms with E-state index in [0.717, 1.165) is 49.0 Å². The van der Waals surface area contributed by atoms with Gasteiger partial charge in [0, 0.05) is 49.1 Å². The minimum atomic E-state index is -0.134. The fraction of sp³-hybridized carbons (Fsp3) is 0.231. The molecule has 2 N–H and O–H groups in total. The number of hydrogen-bond donors (Lipinski definition) is 2. The summed E-state index contributed by atoms with van der Waals surface area (Å²) >= 11 is 11.6. The highest BCUT2D eigenvalue weighted by Gasteiger charge is 2.18. The van der Waals surface area contributed by atoms with Gasteiger partial charge in [0.05, 0.1) is 6.42 Å². The number of benzene rings is 3. The number of nitrogens with zero attached hydrogens (tertiary/aromatic N) is 2. The summed E-state index contributed by atoms with van der Waals surface area (Å²) in [6.07, 6.45) is 0.296. The average molecular weight is 479 g/mol. The third-order valence-electron chi connectivity index (χ3n) is 5.67. The Labute approximate surface area is 205 Å². The van der Waals surface area contributed by atoms with E-state index < -0.39 is 0 Å². The van der Waals surface area contributed by atoms with Gasteiger partial charge in [-0.1, -0.05) is 60.1 Å². The number of carbonyl (C=O) groups excluding carboxylic acids is 1. The van der Waals surface area contributed by atoms with Crippen molar-refractivity contribution in [2.75, 3.05) is 36.4 Å². The second-order valence-electron chi connectivity index (χ2n) is 8.07. The molecule has 0 bridgehead atoms. The van der Waals surface area contributed by atoms with Crippen LogP contribution in [0, 0.1) is 0 Å². The van der Waals surface area contributed by atoms with E-state index in [1.54, 1.807) is 0 Å². The minimum Gasteiger partial charge on any atom is -0.369 e. The maximum atomic E-state index is 12.2. The zero-order chi connectivity index (χ0) is 23.0. The van der Waals surface area contributed by atoms with E-state index in [9.17, 15) is 4.79 Å². The average Bonchev–Trinajstić information content (AvgIpc) is 2.82. The molecule has 4 rings (SSSR count). The van der Waals surface area contributed by atoms with E-state index in [0.29, 0.717) is 11.5 Å². The second-order valence-corrected chi connectivity index (χ2v) is 8.88. The maximum Gasteiger partial charge on any atom is 0.230 e. The smallest absolute Gasteiger partial charge is 0.230 e. The summed E-state index contributed by atoms with van der Waals surface area (Å²) in [6, 6.07) is 25.8. The Hall–Kier alpha value is -2.93. The van der Waals surface area contributed by atoms with Crippen molar-refractivity contribution in [3.63, 3.8) is 0 Å². The number of thiocarbonyl (C=S) groups is 1. The van der Waals surface area contributed by atoms with Crippen molar-refractivity contribution < 1.29 is 4.79 Å². The van der Waals surface area contributed by atoms with Gasteiger partial charge in [-0.05, 0) is 53.7 Å². The standard InChI is InChI=1S/C26H27ClN4OS/c27-24-9-5-4-8-21(24)19-30-14-16-31(17-15-30)23-12-10-22(11-13-23)28-26(33)29-25(32)18-20-6-2-1-3-7-20/h1-13H,14-19H2,(H2,28,29,32,33). The van der Waals surface area contributed by atoms with Crippen LogP contribution in [0.25, 0.3) is 0 Å². The van der Waals surface area contributed by atoms with Crippen LogP contribution in [0.2, 0.25) is 5.02 Å². The summed E-state index contributed by atoms with van der Waals surface area (Å²) in [5.41, 5.74) is 4.15. The first-order chi connectivity index (χ1) is 16.1. The molecule has 170 valence electrons. The quantitative estimate of drug-likeness (QED) is 0.502. The number of hydrogen-bond acceptors (Lipinski definition) is 4. The van der Waals surface area contributed by atoms with Crippen molar-refractivity contribution in [2.45, 2.75) is 13.0 Å². The molecule has 0 saturated carbocycles. The predicted octanol–water partition coefficient (Wildman–Crippen LogP) is 4.72. The number of nitrogens with one attached hydrogen (secondary N) is 2. The first kappa shape index (κ1) is 23.2. The summed E-state index contributed by atoms with van der Waals surface area (Å²) in [5, 5.41) is 6.96. The summed E-state index contributed by atoms with van der Waals surface area (Å²) in [5.74, 6) is -0.134. The Bertz CT molecular complexity index is 1080. The largest absolute Gasteiger partial charge is 0.369 e. The van der Waals surface area contributed by atoms with Gasteiger partial charge in [0.25, 0.3) is 0 Å². The molecule has 1 saturated heterocycles. The fourth-order valence-corrected chi connectivity index (χ4v) is 4.33. The molecule has 0 aliphatic carbocycles. The Morgan fingerprint density at radius 2 is 1.55 bits per heavy atom. The predicted molar refractivity (Wildman–Crippen MR) is 140 cm³/mol. The van der Waals surface area contributed by atoms with Crippen LogP contribution in [0.1, 0.15) is 11.1 Å². The Morgan fingerprint density at radius 1 is 0.879 bits per heavy atom. The number of anilines is 2. The van der Waals surface area contributed by atoms with Crippen LogP contribution in [-0.2, 0) is 17.8 Å². The van der Waals surface area contributed by atoms with Gasteiger partial charge in [-0.3, -0.25) is 9.69 Å². The molecular formula is C26H27ClN4OS. The molecule has 1 amide bonds. The third kappa shape index (κ3) is 6.78. The van der Waals surface area contributed by atoms with Gasteiger partial charge in [0.15, 0.2) is 5.11 Å². The van der Waals surface area contributed by atoms with Gasteiger partial charge < -0.3 is 15.5 Å². The zero-order valence-electron chi connectivity index (χ0n) is 18.3. The highest BCUT2D eigenvalue weighted by molar-refractivity contribution is 7.80. The van der Waals surface area contributed by atoms with Crippen LogP contribution in [0.4, 0.5) is 11.4 Å². The van der Waals surface area contributed by atoms with Gasteiger partial charge >= 0.3 is 0 Å². The minimum absolute atomic E-state index is 0.134. The zero-order valence-corrected chi connectivity index (χ0v) is 19.9. The van der Waals surface area contributed by atoms with Gasteiger partial charge in [-0.15, -0.1) is 0 Å². The van der Waals surface area contributed by atoms with Crippen LogP contribution in [0.5, 0.6) is 0 Å². The molecular weight excluding hydrogens is 452 g/mol. The summed E-state index contributed by atoms with van der Waals surface area (Å²) in [4.78, 5) is 17.0. The number of piperazine rings is 1. The molecule has 0 radical (unpaired) electrons. The van der Waals surface area contributed by atoms with Gasteiger partial charge in [0.1, 0.15) is 0 Å². The molecule has 0 aromatic heterocycles. The van der Waals surface area contributed by atoms with Crippen LogP contribution < -0.4 is 15.5 Å². The van der Waals surface area contributed by atoms with E-state index >= 15 is 0 Å². The Morgan fingerprint density at radius 3 is 2.24 bits per heavy atom. The van der Waals surface area contributed by atoms with Crippen LogP contribution in [0.3, 0.4) is 0 Å². The number of rotatable bonds is 6. The van der Waals surface area contributed by atoms with Crippen molar-refractivity contribution in [2.24, 2.45) is 0 Å². The SMILES string of the molecule is O=C(Cc1ccccc1)NC(=S)Nc1ccc(N2CCN(Cc3ccccc3Cl)CC2)cc1. The second kappa shape index (κ2) is 11.3. The molecule has 3 aromatic carbocycles. The lowest BCUT2D eigenvalue weighted by Crippen LogP contribution is -2.46. The third-order valence-corrected chi connectivity index (χ3v) is 6.25. The molecule has 33 heavy (non-hydrogen) atoms. The molecule has 1 heterocycles. The molecule has 7 heteroatoms. The topological polar surface area (TPSA) is 47.6 Å². The number of halogens is 1. The van der Waals surface area contributed by atoms with Crippen LogP contribution in [-0.4, -0.2) is 42.1 Å². The van der Waals surface area contributed by atoms with Gasteiger partial charge in [0.2, 0.25) is 5.91 Å². The van der Waals surface area contributed by atoms with Crippen LogP contribution in [0.15, 0.2) is 78.9 Å². The van der Waals surface area contributed by atoms with Crippen molar-refractivity contribution in [3.05, 3.63) is 95.0 Å². The first-order valence-corrected chi connectivity index (χ1v) is 11.8. The summed E-state index contributed by atoms with van der Waals surface area (Å²) in [6.45, 7) is 4.78. The highest BCUT2D eigenvalue weighted by atomic mass is 35.5. The Balaban J connectivity index is 1.23. The normalized spacial score (nSPS) is 14.0. The first-order valence-electron chi connectivity index (χ1n) is 11.0. The van der Waals surface area contributed by atoms with E-state index in [1.807, 2.05) is 60.7 Å². The summed E-state index contributed by atoms with van der Waals surface area (Å²) in [7, 11) is 0. The van der Waals surface area contributed by atoms with Crippen molar-refractivity contribution in [1.29, 1.82) is 0 Å². The maximum absolute atomic E-state index is 12.2. The number of amides is 1. The van der Waals surface area contributed by atoms with E-state index in [-0.39, 0.29) is 5.91 Å². The fourth-order valence-electron chi connectivity index (χ4n) is 3.90. The van der Waals surface area contributed by atoms with Crippen molar-refractivity contribution >= 4 is 46.2 Å². The molecule has 1 fully saturated rings. The summed E-state index contributed by atoms with van der Waals surface area (Å²) < 4.78 is 0. The van der Waals surface area contributed by atoms with Crippen molar-refractivity contribution in [3.8, 4) is 0 Å². The van der Waals surface area contributed by atoms with E-state index in [4.69, 9.17) is 23.8 Å². The van der Waals surface area contributed by atoms with Gasteiger partial charge in [-0.25, -0.2) is 0 Å². The monoisotopic (exact) mass is 478 g/mol.